The molecule has 5 heteroatoms. The molecule has 0 saturated carbocycles. The molecule has 1 aliphatic heterocycles. The van der Waals surface area contributed by atoms with Crippen molar-refractivity contribution in [1.29, 1.82) is 0 Å². The summed E-state index contributed by atoms with van der Waals surface area (Å²) in [6.45, 7) is 7.63. The standard InChI is InChI=1S/C19H23N3O2/c1-14-4-3-5-16(12-14)18-7-6-17(15(2)20-18)13-21-8-10-22(11-9-21)19(23)24/h3-7,12H,8-11,13H2,1-2H3,(H,23,24). The molecule has 1 N–H and O–H groups in total. The van der Waals surface area contributed by atoms with E-state index in [1.807, 2.05) is 6.92 Å². The van der Waals surface area contributed by atoms with Gasteiger partial charge in [0.25, 0.3) is 0 Å². The third kappa shape index (κ3) is 3.74. The summed E-state index contributed by atoms with van der Waals surface area (Å²) in [4.78, 5) is 19.5. The molecule has 1 aliphatic rings. The van der Waals surface area contributed by atoms with Crippen molar-refractivity contribution in [2.24, 2.45) is 0 Å². The highest BCUT2D eigenvalue weighted by Crippen LogP contribution is 2.21. The zero-order valence-corrected chi connectivity index (χ0v) is 14.2. The van der Waals surface area contributed by atoms with Crippen molar-refractivity contribution in [3.05, 3.63) is 53.2 Å². The summed E-state index contributed by atoms with van der Waals surface area (Å²) in [5, 5.41) is 9.01. The van der Waals surface area contributed by atoms with Crippen LogP contribution in [0.4, 0.5) is 4.79 Å². The first kappa shape index (κ1) is 16.5. The lowest BCUT2D eigenvalue weighted by Crippen LogP contribution is -2.47. The van der Waals surface area contributed by atoms with Gasteiger partial charge < -0.3 is 10.0 Å². The molecule has 1 fully saturated rings. The van der Waals surface area contributed by atoms with Gasteiger partial charge in [0.15, 0.2) is 0 Å². The van der Waals surface area contributed by atoms with E-state index >= 15 is 0 Å². The van der Waals surface area contributed by atoms with Crippen molar-refractivity contribution < 1.29 is 9.90 Å². The van der Waals surface area contributed by atoms with Crippen molar-refractivity contribution >= 4 is 6.09 Å². The maximum absolute atomic E-state index is 11.0. The average molecular weight is 325 g/mol. The summed E-state index contributed by atoms with van der Waals surface area (Å²) in [6.07, 6.45) is -0.824. The van der Waals surface area contributed by atoms with Gasteiger partial charge in [-0.05, 0) is 31.5 Å². The number of carboxylic acid groups (broad SMARTS) is 1. The molecule has 126 valence electrons. The van der Waals surface area contributed by atoms with E-state index < -0.39 is 6.09 Å². The van der Waals surface area contributed by atoms with Crippen LogP contribution in [0.2, 0.25) is 0 Å². The van der Waals surface area contributed by atoms with Gasteiger partial charge in [0, 0.05) is 44.0 Å². The third-order valence-corrected chi connectivity index (χ3v) is 4.55. The van der Waals surface area contributed by atoms with Gasteiger partial charge in [0.2, 0.25) is 0 Å². The molecule has 3 rings (SSSR count). The number of hydrogen-bond donors (Lipinski definition) is 1. The van der Waals surface area contributed by atoms with Crippen LogP contribution in [-0.4, -0.2) is 52.2 Å². The second-order valence-electron chi connectivity index (χ2n) is 6.36. The number of pyridine rings is 1. The number of amides is 1. The van der Waals surface area contributed by atoms with Crippen molar-refractivity contribution in [3.63, 3.8) is 0 Å². The van der Waals surface area contributed by atoms with Gasteiger partial charge in [-0.3, -0.25) is 9.88 Å². The lowest BCUT2D eigenvalue weighted by Gasteiger charge is -2.33. The zero-order valence-electron chi connectivity index (χ0n) is 14.2. The van der Waals surface area contributed by atoms with E-state index in [4.69, 9.17) is 10.1 Å². The Morgan fingerprint density at radius 3 is 2.50 bits per heavy atom. The fraction of sp³-hybridized carbons (Fsp3) is 0.368. The van der Waals surface area contributed by atoms with Crippen molar-refractivity contribution in [2.75, 3.05) is 26.2 Å². The summed E-state index contributed by atoms with van der Waals surface area (Å²) in [5.41, 5.74) is 5.60. The minimum Gasteiger partial charge on any atom is -0.465 e. The fourth-order valence-electron chi connectivity index (χ4n) is 3.06. The maximum atomic E-state index is 11.0. The van der Waals surface area contributed by atoms with Crippen LogP contribution in [0.15, 0.2) is 36.4 Å². The monoisotopic (exact) mass is 325 g/mol. The first-order valence-corrected chi connectivity index (χ1v) is 8.27. The predicted octanol–water partition coefficient (Wildman–Crippen LogP) is 3.16. The van der Waals surface area contributed by atoms with Crippen LogP contribution >= 0.6 is 0 Å². The van der Waals surface area contributed by atoms with E-state index in [-0.39, 0.29) is 0 Å². The number of piperazine rings is 1. The van der Waals surface area contributed by atoms with Crippen LogP contribution in [0.3, 0.4) is 0 Å². The van der Waals surface area contributed by atoms with Gasteiger partial charge in [-0.2, -0.15) is 0 Å². The molecule has 0 radical (unpaired) electrons. The number of benzene rings is 1. The molecule has 24 heavy (non-hydrogen) atoms. The fourth-order valence-corrected chi connectivity index (χ4v) is 3.06. The Morgan fingerprint density at radius 1 is 1.12 bits per heavy atom. The lowest BCUT2D eigenvalue weighted by atomic mass is 10.1. The Hall–Kier alpha value is -2.40. The Kier molecular flexibility index (Phi) is 4.81. The Balaban J connectivity index is 1.69. The number of aromatic nitrogens is 1. The van der Waals surface area contributed by atoms with Gasteiger partial charge >= 0.3 is 6.09 Å². The van der Waals surface area contributed by atoms with Gasteiger partial charge in [-0.25, -0.2) is 4.79 Å². The van der Waals surface area contributed by atoms with E-state index in [0.29, 0.717) is 13.1 Å². The Bertz CT molecular complexity index is 737. The smallest absolute Gasteiger partial charge is 0.407 e. The van der Waals surface area contributed by atoms with Crippen LogP contribution in [0.25, 0.3) is 11.3 Å². The topological polar surface area (TPSA) is 56.7 Å². The van der Waals surface area contributed by atoms with Crippen LogP contribution in [0.5, 0.6) is 0 Å². The van der Waals surface area contributed by atoms with Crippen molar-refractivity contribution in [1.82, 2.24) is 14.8 Å². The Labute approximate surface area is 142 Å². The molecule has 0 bridgehead atoms. The number of aryl methyl sites for hydroxylation is 2. The molecule has 0 spiro atoms. The van der Waals surface area contributed by atoms with Crippen molar-refractivity contribution in [2.45, 2.75) is 20.4 Å². The van der Waals surface area contributed by atoms with E-state index in [0.717, 1.165) is 36.6 Å². The minimum absolute atomic E-state index is 0.573. The van der Waals surface area contributed by atoms with E-state index in [1.54, 1.807) is 0 Å². The van der Waals surface area contributed by atoms with Crippen LogP contribution in [-0.2, 0) is 6.54 Å². The molecule has 1 saturated heterocycles. The predicted molar refractivity (Wildman–Crippen MR) is 94.0 cm³/mol. The molecular weight excluding hydrogens is 302 g/mol. The molecule has 1 aromatic heterocycles. The largest absolute Gasteiger partial charge is 0.465 e. The average Bonchev–Trinajstić information content (AvgIpc) is 2.57. The summed E-state index contributed by atoms with van der Waals surface area (Å²) in [6, 6.07) is 12.6. The highest BCUT2D eigenvalue weighted by molar-refractivity contribution is 5.65. The van der Waals surface area contributed by atoms with Crippen LogP contribution in [0.1, 0.15) is 16.8 Å². The minimum atomic E-state index is -0.824. The zero-order chi connectivity index (χ0) is 17.1. The molecule has 0 aliphatic carbocycles. The second-order valence-corrected chi connectivity index (χ2v) is 6.36. The molecule has 0 unspecified atom stereocenters. The molecular formula is C19H23N3O2. The normalized spacial score (nSPS) is 15.5. The molecule has 2 aromatic rings. The van der Waals surface area contributed by atoms with Gasteiger partial charge in [0.1, 0.15) is 0 Å². The quantitative estimate of drug-likeness (QED) is 0.942. The number of carbonyl (C=O) groups is 1. The summed E-state index contributed by atoms with van der Waals surface area (Å²) >= 11 is 0. The number of rotatable bonds is 3. The second kappa shape index (κ2) is 7.01. The van der Waals surface area contributed by atoms with E-state index in [9.17, 15) is 4.79 Å². The molecule has 0 atom stereocenters. The number of hydrogen-bond acceptors (Lipinski definition) is 3. The van der Waals surface area contributed by atoms with Gasteiger partial charge in [0.05, 0.1) is 5.69 Å². The van der Waals surface area contributed by atoms with Crippen molar-refractivity contribution in [3.8, 4) is 11.3 Å². The first-order valence-electron chi connectivity index (χ1n) is 8.27. The molecule has 2 heterocycles. The third-order valence-electron chi connectivity index (χ3n) is 4.55. The van der Waals surface area contributed by atoms with Crippen LogP contribution in [0, 0.1) is 13.8 Å². The molecule has 1 aromatic carbocycles. The molecule has 5 nitrogen and oxygen atoms in total. The summed E-state index contributed by atoms with van der Waals surface area (Å²) in [7, 11) is 0. The first-order chi connectivity index (χ1) is 11.5. The lowest BCUT2D eigenvalue weighted by molar-refractivity contribution is 0.103. The summed E-state index contributed by atoms with van der Waals surface area (Å²) < 4.78 is 0. The highest BCUT2D eigenvalue weighted by Gasteiger charge is 2.20. The summed E-state index contributed by atoms with van der Waals surface area (Å²) in [5.74, 6) is 0. The Morgan fingerprint density at radius 2 is 1.88 bits per heavy atom. The van der Waals surface area contributed by atoms with Crippen LogP contribution < -0.4 is 0 Å². The van der Waals surface area contributed by atoms with E-state index in [2.05, 4.69) is 48.2 Å². The van der Waals surface area contributed by atoms with Gasteiger partial charge in [-0.1, -0.05) is 29.8 Å². The van der Waals surface area contributed by atoms with E-state index in [1.165, 1.54) is 16.0 Å². The van der Waals surface area contributed by atoms with Gasteiger partial charge in [-0.15, -0.1) is 0 Å². The highest BCUT2D eigenvalue weighted by atomic mass is 16.4. The maximum Gasteiger partial charge on any atom is 0.407 e. The molecule has 1 amide bonds. The SMILES string of the molecule is Cc1cccc(-c2ccc(CN3CCN(C(=O)O)CC3)c(C)n2)c1. The number of nitrogens with zero attached hydrogens (tertiary/aromatic N) is 3.